The van der Waals surface area contributed by atoms with E-state index in [0.29, 0.717) is 12.4 Å². The van der Waals surface area contributed by atoms with E-state index >= 15 is 0 Å². The normalized spacial score (nSPS) is 10.4. The molecule has 0 rings (SSSR count). The number of carbonyl (C=O) groups is 1. The minimum Gasteiger partial charge on any atom is -0.465 e. The molecule has 64 valence electrons. The lowest BCUT2D eigenvalue weighted by atomic mass is 10.8. The van der Waals surface area contributed by atoms with E-state index in [-0.39, 0.29) is 5.97 Å². The molecule has 0 bridgehead atoms. The van der Waals surface area contributed by atoms with Gasteiger partial charge >= 0.3 is 5.97 Å². The molecule has 2 nitrogen and oxygen atoms in total. The minimum absolute atomic E-state index is 0.144. The smallest absolute Gasteiger partial charge is 0.316 e. The SMILES string of the molecule is C/C=C/SSCC(=O)OCC. The molecule has 0 aliphatic carbocycles. The number of rotatable bonds is 5. The molecule has 11 heavy (non-hydrogen) atoms. The van der Waals surface area contributed by atoms with Gasteiger partial charge < -0.3 is 4.74 Å². The van der Waals surface area contributed by atoms with Crippen LogP contribution in [0.25, 0.3) is 0 Å². The van der Waals surface area contributed by atoms with Crippen LogP contribution < -0.4 is 0 Å². The van der Waals surface area contributed by atoms with E-state index in [9.17, 15) is 4.79 Å². The Morgan fingerprint density at radius 1 is 1.64 bits per heavy atom. The van der Waals surface area contributed by atoms with Gasteiger partial charge in [-0.05, 0) is 19.3 Å². The Morgan fingerprint density at radius 3 is 2.91 bits per heavy atom. The summed E-state index contributed by atoms with van der Waals surface area (Å²) in [5.41, 5.74) is 0. The molecule has 0 aromatic heterocycles. The van der Waals surface area contributed by atoms with Crippen LogP contribution in [-0.4, -0.2) is 18.3 Å². The molecule has 0 aromatic carbocycles. The molecule has 0 radical (unpaired) electrons. The first kappa shape index (κ1) is 10.9. The van der Waals surface area contributed by atoms with Crippen LogP contribution in [-0.2, 0) is 9.53 Å². The minimum atomic E-state index is -0.144. The number of ether oxygens (including phenoxy) is 1. The van der Waals surface area contributed by atoms with Gasteiger partial charge in [0.1, 0.15) is 5.75 Å². The highest BCUT2D eigenvalue weighted by Gasteiger charge is 1.99. The summed E-state index contributed by atoms with van der Waals surface area (Å²) in [7, 11) is 3.02. The summed E-state index contributed by atoms with van der Waals surface area (Å²) in [5.74, 6) is 0.276. The molecule has 0 saturated heterocycles. The lowest BCUT2D eigenvalue weighted by molar-refractivity contribution is -0.139. The van der Waals surface area contributed by atoms with Crippen molar-refractivity contribution in [3.05, 3.63) is 11.5 Å². The molecule has 0 aliphatic heterocycles. The fourth-order valence-electron chi connectivity index (χ4n) is 0.380. The van der Waals surface area contributed by atoms with Crippen LogP contribution in [0.15, 0.2) is 11.5 Å². The van der Waals surface area contributed by atoms with Crippen LogP contribution in [0.5, 0.6) is 0 Å². The van der Waals surface area contributed by atoms with E-state index < -0.39 is 0 Å². The van der Waals surface area contributed by atoms with Gasteiger partial charge in [0.2, 0.25) is 0 Å². The summed E-state index contributed by atoms with van der Waals surface area (Å²) < 4.78 is 4.72. The summed E-state index contributed by atoms with van der Waals surface area (Å²) in [6.07, 6.45) is 1.93. The molecular formula is C7H12O2S2. The molecule has 0 unspecified atom stereocenters. The monoisotopic (exact) mass is 192 g/mol. The summed E-state index contributed by atoms with van der Waals surface area (Å²) in [5, 5.41) is 1.93. The second-order valence-corrected chi connectivity index (χ2v) is 3.91. The van der Waals surface area contributed by atoms with E-state index in [2.05, 4.69) is 0 Å². The summed E-state index contributed by atoms with van der Waals surface area (Å²) in [6.45, 7) is 4.22. The zero-order valence-electron chi connectivity index (χ0n) is 6.70. The predicted molar refractivity (Wildman–Crippen MR) is 51.5 cm³/mol. The van der Waals surface area contributed by atoms with Gasteiger partial charge in [-0.1, -0.05) is 27.7 Å². The fourth-order valence-corrected chi connectivity index (χ4v) is 1.88. The van der Waals surface area contributed by atoms with Crippen molar-refractivity contribution in [3.8, 4) is 0 Å². The Morgan fingerprint density at radius 2 is 2.36 bits per heavy atom. The molecule has 0 aromatic rings. The Balaban J connectivity index is 3.17. The molecule has 4 heteroatoms. The maximum Gasteiger partial charge on any atom is 0.316 e. The number of carbonyl (C=O) groups excluding carboxylic acids is 1. The van der Waals surface area contributed by atoms with Crippen LogP contribution in [0.1, 0.15) is 13.8 Å². The second-order valence-electron chi connectivity index (χ2n) is 1.63. The van der Waals surface area contributed by atoms with Crippen molar-refractivity contribution >= 4 is 27.6 Å². The lowest BCUT2D eigenvalue weighted by Crippen LogP contribution is -2.05. The molecule has 0 amide bonds. The first-order chi connectivity index (χ1) is 5.31. The molecule has 0 atom stereocenters. The van der Waals surface area contributed by atoms with Gasteiger partial charge in [-0.2, -0.15) is 0 Å². The molecule has 0 heterocycles. The van der Waals surface area contributed by atoms with Crippen molar-refractivity contribution in [1.82, 2.24) is 0 Å². The average molecular weight is 192 g/mol. The zero-order chi connectivity index (χ0) is 8.53. The summed E-state index contributed by atoms with van der Waals surface area (Å²) in [4.78, 5) is 10.7. The van der Waals surface area contributed by atoms with Crippen molar-refractivity contribution < 1.29 is 9.53 Å². The fraction of sp³-hybridized carbons (Fsp3) is 0.571. The van der Waals surface area contributed by atoms with Crippen molar-refractivity contribution in [2.75, 3.05) is 12.4 Å². The molecule has 0 aliphatic rings. The maximum absolute atomic E-state index is 10.7. The first-order valence-corrected chi connectivity index (χ1v) is 5.74. The van der Waals surface area contributed by atoms with Crippen LogP contribution in [0.4, 0.5) is 0 Å². The number of esters is 1. The quantitative estimate of drug-likeness (QED) is 0.380. The Labute approximate surface area is 75.2 Å². The topological polar surface area (TPSA) is 26.3 Å². The maximum atomic E-state index is 10.7. The predicted octanol–water partition coefficient (Wildman–Crippen LogP) is 2.46. The van der Waals surface area contributed by atoms with E-state index in [1.54, 1.807) is 10.8 Å². The van der Waals surface area contributed by atoms with Crippen molar-refractivity contribution in [2.24, 2.45) is 0 Å². The van der Waals surface area contributed by atoms with Gasteiger partial charge in [-0.25, -0.2) is 0 Å². The summed E-state index contributed by atoms with van der Waals surface area (Å²) >= 11 is 0. The van der Waals surface area contributed by atoms with Gasteiger partial charge in [0.15, 0.2) is 0 Å². The Hall–Kier alpha value is -0.0900. The van der Waals surface area contributed by atoms with Crippen molar-refractivity contribution in [3.63, 3.8) is 0 Å². The highest BCUT2D eigenvalue weighted by atomic mass is 33.1. The number of hydrogen-bond donors (Lipinski definition) is 0. The molecule has 0 N–H and O–H groups in total. The third kappa shape index (κ3) is 7.81. The van der Waals surface area contributed by atoms with Gasteiger partial charge in [0.05, 0.1) is 6.61 Å². The Kier molecular flexibility index (Phi) is 7.95. The number of hydrogen-bond acceptors (Lipinski definition) is 4. The third-order valence-corrected chi connectivity index (χ3v) is 2.71. The average Bonchev–Trinajstić information content (AvgIpc) is 1.99. The molecule has 0 saturated carbocycles. The third-order valence-electron chi connectivity index (χ3n) is 0.742. The van der Waals surface area contributed by atoms with Crippen LogP contribution in [0, 0.1) is 0 Å². The van der Waals surface area contributed by atoms with E-state index in [4.69, 9.17) is 4.74 Å². The lowest BCUT2D eigenvalue weighted by Gasteiger charge is -1.97. The van der Waals surface area contributed by atoms with E-state index in [1.165, 1.54) is 10.8 Å². The first-order valence-electron chi connectivity index (χ1n) is 3.36. The van der Waals surface area contributed by atoms with E-state index in [1.807, 2.05) is 25.3 Å². The van der Waals surface area contributed by atoms with Gasteiger partial charge in [0, 0.05) is 0 Å². The van der Waals surface area contributed by atoms with Gasteiger partial charge in [0.25, 0.3) is 0 Å². The standard InChI is InChI=1S/C7H12O2S2/c1-3-5-10-11-6-7(8)9-4-2/h3,5H,4,6H2,1-2H3/b5-3+. The van der Waals surface area contributed by atoms with Crippen molar-refractivity contribution in [1.29, 1.82) is 0 Å². The number of allylic oxidation sites excluding steroid dienone is 1. The Bertz CT molecular complexity index is 134. The zero-order valence-corrected chi connectivity index (χ0v) is 8.33. The largest absolute Gasteiger partial charge is 0.465 e. The van der Waals surface area contributed by atoms with Gasteiger partial charge in [-0.15, -0.1) is 0 Å². The van der Waals surface area contributed by atoms with Gasteiger partial charge in [-0.3, -0.25) is 4.79 Å². The van der Waals surface area contributed by atoms with Crippen molar-refractivity contribution in [2.45, 2.75) is 13.8 Å². The molecule has 0 spiro atoms. The second kappa shape index (κ2) is 8.01. The summed E-state index contributed by atoms with van der Waals surface area (Å²) in [6, 6.07) is 0. The molecular weight excluding hydrogens is 180 g/mol. The van der Waals surface area contributed by atoms with Crippen LogP contribution in [0.2, 0.25) is 0 Å². The van der Waals surface area contributed by atoms with Crippen LogP contribution >= 0.6 is 21.6 Å². The molecule has 0 fully saturated rings. The van der Waals surface area contributed by atoms with Crippen LogP contribution in [0.3, 0.4) is 0 Å². The highest BCUT2D eigenvalue weighted by molar-refractivity contribution is 8.78. The highest BCUT2D eigenvalue weighted by Crippen LogP contribution is 2.21. The van der Waals surface area contributed by atoms with E-state index in [0.717, 1.165) is 0 Å².